The quantitative estimate of drug-likeness (QED) is 0.637. The molecule has 1 fully saturated rings. The molecule has 1 aromatic carbocycles. The summed E-state index contributed by atoms with van der Waals surface area (Å²) in [7, 11) is -3.05. The lowest BCUT2D eigenvalue weighted by Gasteiger charge is -2.17. The largest absolute Gasteiger partial charge is 0.514 e. The summed E-state index contributed by atoms with van der Waals surface area (Å²) in [5, 5.41) is 0. The lowest BCUT2D eigenvalue weighted by molar-refractivity contribution is 0.0569. The molecule has 0 amide bonds. The van der Waals surface area contributed by atoms with Crippen LogP contribution in [0.1, 0.15) is 5.56 Å². The van der Waals surface area contributed by atoms with E-state index in [2.05, 4.69) is 4.18 Å². The fraction of sp³-hybridized carbons (Fsp3) is 0.364. The van der Waals surface area contributed by atoms with Crippen LogP contribution in [-0.4, -0.2) is 33.7 Å². The van der Waals surface area contributed by atoms with Gasteiger partial charge in [0.1, 0.15) is 18.5 Å². The number of aryl methyl sites for hydroxylation is 1. The molecule has 1 saturated heterocycles. The maximum absolute atomic E-state index is 11.4. The highest BCUT2D eigenvalue weighted by molar-refractivity contribution is 8.20. The van der Waals surface area contributed by atoms with Crippen LogP contribution < -0.4 is 4.74 Å². The molecule has 1 atom stereocenters. The van der Waals surface area contributed by atoms with E-state index in [1.165, 1.54) is 0 Å². The molecular weight excluding hydrogens is 260 g/mol. The summed E-state index contributed by atoms with van der Waals surface area (Å²) in [5.41, 5.74) is 0.957. The molecular formula is C11H14O6S. The monoisotopic (exact) mass is 274 g/mol. The van der Waals surface area contributed by atoms with Crippen molar-refractivity contribution in [1.82, 2.24) is 0 Å². The topological polar surface area (TPSA) is 85.2 Å². The van der Waals surface area contributed by atoms with Crippen LogP contribution in [0.4, 0.5) is 4.79 Å². The molecule has 100 valence electrons. The van der Waals surface area contributed by atoms with Crippen LogP contribution in [0.3, 0.4) is 0 Å². The molecule has 0 bridgehead atoms. The molecule has 1 unspecified atom stereocenters. The lowest BCUT2D eigenvalue weighted by atomic mass is 10.2. The van der Waals surface area contributed by atoms with Gasteiger partial charge in [-0.2, -0.15) is 0 Å². The van der Waals surface area contributed by atoms with Gasteiger partial charge in [0.15, 0.2) is 0 Å². The van der Waals surface area contributed by atoms with Crippen molar-refractivity contribution in [2.45, 2.75) is 13.0 Å². The summed E-state index contributed by atoms with van der Waals surface area (Å²) in [6.45, 7) is 1.84. The average Bonchev–Trinajstić information content (AvgIpc) is 2.57. The van der Waals surface area contributed by atoms with Gasteiger partial charge in [-0.05, 0) is 24.6 Å². The average molecular weight is 274 g/mol. The zero-order valence-electron chi connectivity index (χ0n) is 9.74. The Morgan fingerprint density at radius 3 is 2.89 bits per heavy atom. The maximum atomic E-state index is 11.4. The minimum atomic E-state index is -3.05. The zero-order chi connectivity index (χ0) is 13.2. The third-order valence-corrected chi connectivity index (χ3v) is 3.62. The Labute approximate surface area is 106 Å². The standard InChI is InChI=1S/C11H14O6S/c1-8-3-2-4-9(5-8)16-11(12)17-10-6-15-18(13,14)7-10/h2-5,10,13-14H,6-7H2,1H3. The van der Waals surface area contributed by atoms with Crippen LogP contribution in [0, 0.1) is 6.92 Å². The lowest BCUT2D eigenvalue weighted by Crippen LogP contribution is -2.23. The Balaban J connectivity index is 1.86. The summed E-state index contributed by atoms with van der Waals surface area (Å²) in [5.74, 6) is 0.265. The van der Waals surface area contributed by atoms with Crippen molar-refractivity contribution in [1.29, 1.82) is 0 Å². The van der Waals surface area contributed by atoms with E-state index in [0.717, 1.165) is 5.56 Å². The van der Waals surface area contributed by atoms with E-state index < -0.39 is 23.1 Å². The van der Waals surface area contributed by atoms with E-state index in [9.17, 15) is 13.9 Å². The van der Waals surface area contributed by atoms with E-state index in [1.54, 1.807) is 18.2 Å². The fourth-order valence-corrected chi connectivity index (χ4v) is 2.64. The van der Waals surface area contributed by atoms with Crippen LogP contribution in [0.2, 0.25) is 0 Å². The predicted molar refractivity (Wildman–Crippen MR) is 65.7 cm³/mol. The number of rotatable bonds is 2. The van der Waals surface area contributed by atoms with Crippen LogP contribution in [-0.2, 0) is 8.92 Å². The smallest absolute Gasteiger partial charge is 0.427 e. The Morgan fingerprint density at radius 2 is 2.28 bits per heavy atom. The minimum absolute atomic E-state index is 0.0365. The highest BCUT2D eigenvalue weighted by atomic mass is 32.3. The minimum Gasteiger partial charge on any atom is -0.427 e. The Bertz CT molecular complexity index is 447. The first-order chi connectivity index (χ1) is 8.44. The summed E-state index contributed by atoms with van der Waals surface area (Å²) in [6, 6.07) is 6.96. The SMILES string of the molecule is Cc1cccc(OC(=O)OC2COS(O)(O)C2)c1. The molecule has 2 rings (SSSR count). The van der Waals surface area contributed by atoms with Crippen molar-refractivity contribution in [3.05, 3.63) is 29.8 Å². The Hall–Kier alpha value is -1.28. The molecule has 0 saturated carbocycles. The molecule has 1 aromatic rings. The van der Waals surface area contributed by atoms with Gasteiger partial charge in [-0.15, -0.1) is 0 Å². The van der Waals surface area contributed by atoms with E-state index in [-0.39, 0.29) is 12.4 Å². The van der Waals surface area contributed by atoms with Crippen molar-refractivity contribution in [2.75, 3.05) is 12.4 Å². The number of hydrogen-bond acceptors (Lipinski definition) is 6. The maximum Gasteiger partial charge on any atom is 0.514 e. The van der Waals surface area contributed by atoms with Crippen molar-refractivity contribution in [3.8, 4) is 5.75 Å². The van der Waals surface area contributed by atoms with Gasteiger partial charge in [0.2, 0.25) is 0 Å². The fourth-order valence-electron chi connectivity index (χ4n) is 1.53. The van der Waals surface area contributed by atoms with E-state index >= 15 is 0 Å². The van der Waals surface area contributed by atoms with Crippen molar-refractivity contribution in [2.24, 2.45) is 0 Å². The van der Waals surface area contributed by atoms with Crippen molar-refractivity contribution in [3.63, 3.8) is 0 Å². The Kier molecular flexibility index (Phi) is 3.76. The molecule has 1 heterocycles. The van der Waals surface area contributed by atoms with Gasteiger partial charge in [0.05, 0.1) is 16.6 Å². The number of ether oxygens (including phenoxy) is 2. The molecule has 0 aliphatic carbocycles. The molecule has 2 N–H and O–H groups in total. The highest BCUT2D eigenvalue weighted by Crippen LogP contribution is 2.45. The van der Waals surface area contributed by atoms with Crippen molar-refractivity contribution < 1.29 is 27.6 Å². The molecule has 6 nitrogen and oxygen atoms in total. The summed E-state index contributed by atoms with van der Waals surface area (Å²) in [4.78, 5) is 11.4. The van der Waals surface area contributed by atoms with Crippen LogP contribution >= 0.6 is 10.9 Å². The van der Waals surface area contributed by atoms with Gasteiger partial charge < -0.3 is 18.6 Å². The van der Waals surface area contributed by atoms with Gasteiger partial charge in [-0.3, -0.25) is 4.18 Å². The first-order valence-corrected chi connectivity index (χ1v) is 6.94. The van der Waals surface area contributed by atoms with Gasteiger partial charge in [-0.25, -0.2) is 4.79 Å². The van der Waals surface area contributed by atoms with Gasteiger partial charge in [-0.1, -0.05) is 12.1 Å². The third kappa shape index (κ3) is 3.61. The molecule has 1 aliphatic heterocycles. The van der Waals surface area contributed by atoms with E-state index in [4.69, 9.17) is 9.47 Å². The molecule has 18 heavy (non-hydrogen) atoms. The summed E-state index contributed by atoms with van der Waals surface area (Å²) < 4.78 is 32.9. The second kappa shape index (κ2) is 5.15. The van der Waals surface area contributed by atoms with Crippen molar-refractivity contribution >= 4 is 17.0 Å². The molecule has 1 aliphatic rings. The van der Waals surface area contributed by atoms with Crippen LogP contribution in [0.5, 0.6) is 5.75 Å². The molecule has 0 aromatic heterocycles. The van der Waals surface area contributed by atoms with Crippen LogP contribution in [0.25, 0.3) is 0 Å². The molecule has 7 heteroatoms. The van der Waals surface area contributed by atoms with Gasteiger partial charge in [0.25, 0.3) is 0 Å². The third-order valence-electron chi connectivity index (χ3n) is 2.30. The van der Waals surface area contributed by atoms with Gasteiger partial charge in [0, 0.05) is 0 Å². The van der Waals surface area contributed by atoms with Crippen LogP contribution in [0.15, 0.2) is 24.3 Å². The summed E-state index contributed by atoms with van der Waals surface area (Å²) in [6.07, 6.45) is -1.57. The summed E-state index contributed by atoms with van der Waals surface area (Å²) >= 11 is 0. The predicted octanol–water partition coefficient (Wildman–Crippen LogP) is 2.57. The first kappa shape index (κ1) is 13.2. The number of carbonyl (C=O) groups is 1. The van der Waals surface area contributed by atoms with E-state index in [1.807, 2.05) is 13.0 Å². The number of benzene rings is 1. The number of carbonyl (C=O) groups excluding carboxylic acids is 1. The van der Waals surface area contributed by atoms with E-state index in [0.29, 0.717) is 5.75 Å². The zero-order valence-corrected chi connectivity index (χ0v) is 10.6. The highest BCUT2D eigenvalue weighted by Gasteiger charge is 2.35. The molecule has 0 radical (unpaired) electrons. The second-order valence-electron chi connectivity index (χ2n) is 3.97. The number of hydrogen-bond donors (Lipinski definition) is 2. The molecule has 0 spiro atoms. The Morgan fingerprint density at radius 1 is 1.50 bits per heavy atom. The normalized spacial score (nSPS) is 23.4. The second-order valence-corrected chi connectivity index (χ2v) is 5.75. The first-order valence-electron chi connectivity index (χ1n) is 5.30. The van der Waals surface area contributed by atoms with Gasteiger partial charge >= 0.3 is 6.16 Å².